The zero-order chi connectivity index (χ0) is 8.85. The minimum atomic E-state index is 0.797. The summed E-state index contributed by atoms with van der Waals surface area (Å²) >= 11 is 4.12. The SMILES string of the molecule is CC.Cc1ncc(S)c(C)n1. The van der Waals surface area contributed by atoms with E-state index in [9.17, 15) is 0 Å². The molecule has 0 aliphatic heterocycles. The number of rotatable bonds is 0. The molecule has 0 spiro atoms. The van der Waals surface area contributed by atoms with Gasteiger partial charge in [0.25, 0.3) is 0 Å². The summed E-state index contributed by atoms with van der Waals surface area (Å²) in [5.74, 6) is 0.797. The molecule has 3 heteroatoms. The van der Waals surface area contributed by atoms with E-state index in [4.69, 9.17) is 0 Å². The summed E-state index contributed by atoms with van der Waals surface area (Å²) in [5, 5.41) is 0. The van der Waals surface area contributed by atoms with Crippen LogP contribution < -0.4 is 0 Å². The van der Waals surface area contributed by atoms with E-state index in [1.165, 1.54) is 0 Å². The largest absolute Gasteiger partial charge is 0.241 e. The van der Waals surface area contributed by atoms with Gasteiger partial charge in [-0.05, 0) is 13.8 Å². The minimum Gasteiger partial charge on any atom is -0.241 e. The smallest absolute Gasteiger partial charge is 0.125 e. The third-order valence-corrected chi connectivity index (χ3v) is 1.51. The van der Waals surface area contributed by atoms with Gasteiger partial charge >= 0.3 is 0 Å². The highest BCUT2D eigenvalue weighted by Crippen LogP contribution is 2.06. The first kappa shape index (κ1) is 10.4. The van der Waals surface area contributed by atoms with Gasteiger partial charge in [-0.2, -0.15) is 0 Å². The summed E-state index contributed by atoms with van der Waals surface area (Å²) < 4.78 is 0. The van der Waals surface area contributed by atoms with Crippen molar-refractivity contribution in [1.29, 1.82) is 0 Å². The molecule has 0 N–H and O–H groups in total. The second-order valence-electron chi connectivity index (χ2n) is 1.89. The molecule has 0 bridgehead atoms. The first-order valence-electron chi connectivity index (χ1n) is 3.69. The van der Waals surface area contributed by atoms with Crippen LogP contribution in [0.5, 0.6) is 0 Å². The molecule has 0 aromatic carbocycles. The average molecular weight is 170 g/mol. The van der Waals surface area contributed by atoms with E-state index in [0.29, 0.717) is 0 Å². The van der Waals surface area contributed by atoms with Gasteiger partial charge in [0.2, 0.25) is 0 Å². The van der Waals surface area contributed by atoms with Crippen molar-refractivity contribution < 1.29 is 0 Å². The summed E-state index contributed by atoms with van der Waals surface area (Å²) in [4.78, 5) is 8.89. The Morgan fingerprint density at radius 1 is 1.27 bits per heavy atom. The Morgan fingerprint density at radius 3 is 2.18 bits per heavy atom. The van der Waals surface area contributed by atoms with Gasteiger partial charge in [0, 0.05) is 11.1 Å². The molecular weight excluding hydrogens is 156 g/mol. The summed E-state index contributed by atoms with van der Waals surface area (Å²) in [6.07, 6.45) is 1.71. The lowest BCUT2D eigenvalue weighted by Crippen LogP contribution is -1.90. The lowest BCUT2D eigenvalue weighted by Gasteiger charge is -1.95. The van der Waals surface area contributed by atoms with Crippen molar-refractivity contribution in [1.82, 2.24) is 9.97 Å². The topological polar surface area (TPSA) is 25.8 Å². The Bertz CT molecular complexity index is 223. The van der Waals surface area contributed by atoms with Gasteiger partial charge in [0.05, 0.1) is 5.69 Å². The minimum absolute atomic E-state index is 0.797. The zero-order valence-electron chi connectivity index (χ0n) is 7.42. The number of nitrogens with zero attached hydrogens (tertiary/aromatic N) is 2. The van der Waals surface area contributed by atoms with Crippen LogP contribution in [-0.2, 0) is 0 Å². The fourth-order valence-corrected chi connectivity index (χ4v) is 0.685. The van der Waals surface area contributed by atoms with Gasteiger partial charge < -0.3 is 0 Å². The third kappa shape index (κ3) is 3.37. The van der Waals surface area contributed by atoms with E-state index >= 15 is 0 Å². The van der Waals surface area contributed by atoms with Crippen LogP contribution in [0.1, 0.15) is 25.4 Å². The van der Waals surface area contributed by atoms with E-state index < -0.39 is 0 Å². The Balaban J connectivity index is 0.000000461. The maximum atomic E-state index is 4.12. The van der Waals surface area contributed by atoms with Crippen molar-refractivity contribution >= 4 is 12.6 Å². The van der Waals surface area contributed by atoms with Crippen LogP contribution in [-0.4, -0.2) is 9.97 Å². The highest BCUT2D eigenvalue weighted by Gasteiger charge is 1.92. The molecule has 2 nitrogen and oxygen atoms in total. The Morgan fingerprint density at radius 2 is 1.82 bits per heavy atom. The number of hydrogen-bond donors (Lipinski definition) is 1. The fraction of sp³-hybridized carbons (Fsp3) is 0.500. The number of aryl methyl sites for hydroxylation is 2. The molecule has 0 aliphatic carbocycles. The fourth-order valence-electron chi connectivity index (χ4n) is 0.577. The van der Waals surface area contributed by atoms with Crippen molar-refractivity contribution in [2.45, 2.75) is 32.6 Å². The van der Waals surface area contributed by atoms with E-state index in [-0.39, 0.29) is 0 Å². The van der Waals surface area contributed by atoms with E-state index in [0.717, 1.165) is 16.4 Å². The van der Waals surface area contributed by atoms with E-state index in [1.54, 1.807) is 6.20 Å². The second kappa shape index (κ2) is 5.13. The van der Waals surface area contributed by atoms with E-state index in [2.05, 4.69) is 22.6 Å². The molecular formula is C8H14N2S. The lowest BCUT2D eigenvalue weighted by atomic mass is 10.4. The molecule has 0 fully saturated rings. The normalized spacial score (nSPS) is 8.45. The van der Waals surface area contributed by atoms with Crippen LogP contribution in [0.25, 0.3) is 0 Å². The predicted molar refractivity (Wildman–Crippen MR) is 50.1 cm³/mol. The van der Waals surface area contributed by atoms with Crippen LogP contribution in [0.4, 0.5) is 0 Å². The molecule has 0 saturated carbocycles. The van der Waals surface area contributed by atoms with Gasteiger partial charge in [0.1, 0.15) is 5.82 Å². The van der Waals surface area contributed by atoms with Crippen LogP contribution in [0.3, 0.4) is 0 Å². The maximum absolute atomic E-state index is 4.12. The van der Waals surface area contributed by atoms with Crippen molar-refractivity contribution in [3.05, 3.63) is 17.7 Å². The molecule has 0 aliphatic rings. The summed E-state index contributed by atoms with van der Waals surface area (Å²) in [6.45, 7) is 7.78. The number of hydrogen-bond acceptors (Lipinski definition) is 3. The molecule has 0 radical (unpaired) electrons. The average Bonchev–Trinajstić information content (AvgIpc) is 2.02. The Hall–Kier alpha value is -0.570. The van der Waals surface area contributed by atoms with Gasteiger partial charge in [0.15, 0.2) is 0 Å². The van der Waals surface area contributed by atoms with Crippen molar-refractivity contribution in [3.8, 4) is 0 Å². The molecule has 1 rings (SSSR count). The molecule has 11 heavy (non-hydrogen) atoms. The van der Waals surface area contributed by atoms with Crippen molar-refractivity contribution in [2.75, 3.05) is 0 Å². The quantitative estimate of drug-likeness (QED) is 0.605. The summed E-state index contributed by atoms with van der Waals surface area (Å²) in [6, 6.07) is 0. The zero-order valence-corrected chi connectivity index (χ0v) is 8.31. The molecule has 62 valence electrons. The van der Waals surface area contributed by atoms with Crippen LogP contribution in [0.2, 0.25) is 0 Å². The number of aromatic nitrogens is 2. The third-order valence-electron chi connectivity index (χ3n) is 1.07. The highest BCUT2D eigenvalue weighted by molar-refractivity contribution is 7.80. The van der Waals surface area contributed by atoms with Crippen molar-refractivity contribution in [3.63, 3.8) is 0 Å². The van der Waals surface area contributed by atoms with Gasteiger partial charge in [-0.25, -0.2) is 9.97 Å². The molecule has 1 aromatic rings. The lowest BCUT2D eigenvalue weighted by molar-refractivity contribution is 0.961. The second-order valence-corrected chi connectivity index (χ2v) is 2.37. The molecule has 1 aromatic heterocycles. The number of thiol groups is 1. The van der Waals surface area contributed by atoms with Crippen LogP contribution in [0.15, 0.2) is 11.1 Å². The van der Waals surface area contributed by atoms with Crippen LogP contribution >= 0.6 is 12.6 Å². The van der Waals surface area contributed by atoms with Gasteiger partial charge in [-0.3, -0.25) is 0 Å². The first-order chi connectivity index (χ1) is 5.20. The molecule has 0 saturated heterocycles. The standard InChI is InChI=1S/C6H8N2S.C2H6/c1-4-6(9)3-7-5(2)8-4;1-2/h3,9H,1-2H3;1-2H3. The Kier molecular flexibility index (Phi) is 4.86. The van der Waals surface area contributed by atoms with Crippen LogP contribution in [0, 0.1) is 13.8 Å². The Labute approximate surface area is 73.5 Å². The highest BCUT2D eigenvalue weighted by atomic mass is 32.1. The monoisotopic (exact) mass is 170 g/mol. The maximum Gasteiger partial charge on any atom is 0.125 e. The molecule has 0 unspecified atom stereocenters. The van der Waals surface area contributed by atoms with Gasteiger partial charge in [-0.15, -0.1) is 12.6 Å². The predicted octanol–water partition coefficient (Wildman–Crippen LogP) is 2.41. The van der Waals surface area contributed by atoms with Crippen molar-refractivity contribution in [2.24, 2.45) is 0 Å². The summed E-state index contributed by atoms with van der Waals surface area (Å²) in [5.41, 5.74) is 0.936. The molecule has 0 amide bonds. The summed E-state index contributed by atoms with van der Waals surface area (Å²) in [7, 11) is 0. The molecule has 0 atom stereocenters. The van der Waals surface area contributed by atoms with Gasteiger partial charge in [-0.1, -0.05) is 13.8 Å². The van der Waals surface area contributed by atoms with E-state index in [1.807, 2.05) is 27.7 Å². The first-order valence-corrected chi connectivity index (χ1v) is 4.14. The molecule has 1 heterocycles.